The Balaban J connectivity index is 4.91. The molecule has 5 nitrogen and oxygen atoms in total. The number of rotatable bonds is 6. The summed E-state index contributed by atoms with van der Waals surface area (Å²) in [4.78, 5) is 22.9. The van der Waals surface area contributed by atoms with Crippen LogP contribution in [0.3, 0.4) is 0 Å². The minimum atomic E-state index is -2.77. The number of amides is 1. The van der Waals surface area contributed by atoms with Crippen LogP contribution in [0.15, 0.2) is 0 Å². The van der Waals surface area contributed by atoms with E-state index in [1.165, 1.54) is 13.8 Å². The summed E-state index contributed by atoms with van der Waals surface area (Å²) in [7, 11) is 0. The normalized spacial score (nSPS) is 15.1. The predicted molar refractivity (Wildman–Crippen MR) is 69.8 cm³/mol. The summed E-state index contributed by atoms with van der Waals surface area (Å²) in [5.74, 6) is -1.92. The van der Waals surface area contributed by atoms with Gasteiger partial charge in [-0.05, 0) is 26.7 Å². The lowest BCUT2D eigenvalue weighted by atomic mass is 9.74. The lowest BCUT2D eigenvalue weighted by Gasteiger charge is -2.33. The summed E-state index contributed by atoms with van der Waals surface area (Å²) >= 11 is 0. The fraction of sp³-hybridized carbons (Fsp3) is 0.846. The van der Waals surface area contributed by atoms with Crippen molar-refractivity contribution in [3.05, 3.63) is 0 Å². The quantitative estimate of drug-likeness (QED) is 0.790. The topological polar surface area (TPSA) is 75.6 Å². The standard InChI is InChI=1S/C13H23F2NO4/c1-8(2)13(10(17)18,6-9(14)15)7-16-11(19)20-12(3,4)5/h8-9H,6-7H2,1-5H3,(H,16,19)(H,17,18). The van der Waals surface area contributed by atoms with E-state index in [1.807, 2.05) is 0 Å². The number of ether oxygens (including phenoxy) is 1. The largest absolute Gasteiger partial charge is 0.481 e. The van der Waals surface area contributed by atoms with E-state index in [1.54, 1.807) is 20.8 Å². The fourth-order valence-electron chi connectivity index (χ4n) is 1.74. The van der Waals surface area contributed by atoms with Crippen molar-refractivity contribution in [3.8, 4) is 0 Å². The highest BCUT2D eigenvalue weighted by Gasteiger charge is 2.44. The molecule has 0 aromatic carbocycles. The molecule has 1 atom stereocenters. The molecule has 0 aromatic heterocycles. The number of nitrogens with one attached hydrogen (secondary N) is 1. The third-order valence-electron chi connectivity index (χ3n) is 3.00. The molecular formula is C13H23F2NO4. The van der Waals surface area contributed by atoms with E-state index >= 15 is 0 Å². The van der Waals surface area contributed by atoms with Gasteiger partial charge in [-0.2, -0.15) is 0 Å². The molecule has 0 rings (SSSR count). The number of carboxylic acid groups (broad SMARTS) is 1. The van der Waals surface area contributed by atoms with Crippen LogP contribution in [0.25, 0.3) is 0 Å². The molecule has 7 heteroatoms. The summed E-state index contributed by atoms with van der Waals surface area (Å²) in [6.07, 6.45) is -4.41. The zero-order valence-corrected chi connectivity index (χ0v) is 12.5. The van der Waals surface area contributed by atoms with Crippen LogP contribution in [0.4, 0.5) is 13.6 Å². The summed E-state index contributed by atoms with van der Waals surface area (Å²) < 4.78 is 30.2. The lowest BCUT2D eigenvalue weighted by molar-refractivity contribution is -0.154. The number of hydrogen-bond acceptors (Lipinski definition) is 3. The molecule has 0 saturated carbocycles. The molecule has 0 aliphatic heterocycles. The molecule has 0 bridgehead atoms. The zero-order chi connectivity index (χ0) is 16.1. The van der Waals surface area contributed by atoms with E-state index in [-0.39, 0.29) is 0 Å². The number of alkyl carbamates (subject to hydrolysis) is 1. The predicted octanol–water partition coefficient (Wildman–Crippen LogP) is 2.89. The van der Waals surface area contributed by atoms with Gasteiger partial charge in [0.05, 0.1) is 5.41 Å². The minimum absolute atomic E-state index is 0.404. The second-order valence-corrected chi connectivity index (χ2v) is 6.07. The summed E-state index contributed by atoms with van der Waals surface area (Å²) in [6, 6.07) is 0. The van der Waals surface area contributed by atoms with Crippen molar-refractivity contribution in [2.45, 2.75) is 53.1 Å². The molecule has 1 amide bonds. The Labute approximate surface area is 117 Å². The third kappa shape index (κ3) is 5.71. The first-order valence-electron chi connectivity index (χ1n) is 6.39. The molecule has 0 saturated heterocycles. The molecule has 0 aliphatic rings. The Hall–Kier alpha value is -1.40. The molecule has 0 heterocycles. The zero-order valence-electron chi connectivity index (χ0n) is 12.5. The molecule has 0 fully saturated rings. The van der Waals surface area contributed by atoms with Crippen LogP contribution in [0.1, 0.15) is 41.0 Å². The third-order valence-corrected chi connectivity index (χ3v) is 3.00. The average molecular weight is 295 g/mol. The summed E-state index contributed by atoms with van der Waals surface area (Å²) in [6.45, 7) is 7.62. The van der Waals surface area contributed by atoms with Gasteiger partial charge in [-0.25, -0.2) is 13.6 Å². The molecule has 0 spiro atoms. The van der Waals surface area contributed by atoms with E-state index < -0.39 is 48.4 Å². The average Bonchev–Trinajstić information content (AvgIpc) is 2.20. The van der Waals surface area contributed by atoms with Gasteiger partial charge in [0.1, 0.15) is 5.60 Å². The molecule has 118 valence electrons. The van der Waals surface area contributed by atoms with Gasteiger partial charge < -0.3 is 15.2 Å². The van der Waals surface area contributed by atoms with Gasteiger partial charge >= 0.3 is 12.1 Å². The second kappa shape index (κ2) is 6.85. The molecule has 0 aromatic rings. The number of alkyl halides is 2. The van der Waals surface area contributed by atoms with Gasteiger partial charge in [-0.3, -0.25) is 4.79 Å². The molecule has 0 radical (unpaired) electrons. The Morgan fingerprint density at radius 3 is 2.05 bits per heavy atom. The Bertz CT molecular complexity index is 353. The number of halogens is 2. The highest BCUT2D eigenvalue weighted by atomic mass is 19.3. The van der Waals surface area contributed by atoms with E-state index in [0.29, 0.717) is 0 Å². The molecule has 1 unspecified atom stereocenters. The lowest BCUT2D eigenvalue weighted by Crippen LogP contribution is -2.48. The number of hydrogen-bond donors (Lipinski definition) is 2. The molecule has 2 N–H and O–H groups in total. The van der Waals surface area contributed by atoms with E-state index in [9.17, 15) is 23.5 Å². The van der Waals surface area contributed by atoms with Gasteiger partial charge in [0.15, 0.2) is 0 Å². The first-order valence-corrected chi connectivity index (χ1v) is 6.39. The second-order valence-electron chi connectivity index (χ2n) is 6.07. The van der Waals surface area contributed by atoms with Crippen molar-refractivity contribution in [2.24, 2.45) is 11.3 Å². The van der Waals surface area contributed by atoms with Crippen molar-refractivity contribution >= 4 is 12.1 Å². The molecular weight excluding hydrogens is 272 g/mol. The van der Waals surface area contributed by atoms with Gasteiger partial charge in [-0.15, -0.1) is 0 Å². The summed E-state index contributed by atoms with van der Waals surface area (Å²) in [5, 5.41) is 11.5. The van der Waals surface area contributed by atoms with Crippen LogP contribution in [0.2, 0.25) is 0 Å². The first-order chi connectivity index (χ1) is 8.90. The van der Waals surface area contributed by atoms with Crippen LogP contribution in [-0.4, -0.2) is 35.7 Å². The first kappa shape index (κ1) is 18.6. The van der Waals surface area contributed by atoms with E-state index in [4.69, 9.17) is 4.74 Å². The Kier molecular flexibility index (Phi) is 6.37. The van der Waals surface area contributed by atoms with Crippen molar-refractivity contribution in [2.75, 3.05) is 6.54 Å². The fourth-order valence-corrected chi connectivity index (χ4v) is 1.74. The van der Waals surface area contributed by atoms with Gasteiger partial charge in [-0.1, -0.05) is 13.8 Å². The van der Waals surface area contributed by atoms with E-state index in [0.717, 1.165) is 0 Å². The Morgan fingerprint density at radius 2 is 1.75 bits per heavy atom. The number of carbonyl (C=O) groups is 2. The monoisotopic (exact) mass is 295 g/mol. The van der Waals surface area contributed by atoms with Crippen LogP contribution in [0, 0.1) is 11.3 Å². The van der Waals surface area contributed by atoms with Crippen molar-refractivity contribution in [3.63, 3.8) is 0 Å². The van der Waals surface area contributed by atoms with Crippen molar-refractivity contribution in [1.29, 1.82) is 0 Å². The molecule has 0 aliphatic carbocycles. The summed E-state index contributed by atoms with van der Waals surface area (Å²) in [5.41, 5.74) is -2.46. The Morgan fingerprint density at radius 1 is 1.25 bits per heavy atom. The number of carbonyl (C=O) groups excluding carboxylic acids is 1. The van der Waals surface area contributed by atoms with E-state index in [2.05, 4.69) is 5.32 Å². The smallest absolute Gasteiger partial charge is 0.407 e. The molecule has 20 heavy (non-hydrogen) atoms. The minimum Gasteiger partial charge on any atom is -0.481 e. The van der Waals surface area contributed by atoms with Crippen LogP contribution < -0.4 is 5.32 Å². The van der Waals surface area contributed by atoms with Crippen molar-refractivity contribution in [1.82, 2.24) is 5.32 Å². The van der Waals surface area contributed by atoms with Gasteiger partial charge in [0, 0.05) is 13.0 Å². The SMILES string of the molecule is CC(C)C(CNC(=O)OC(C)(C)C)(CC(F)F)C(=O)O. The van der Waals surface area contributed by atoms with Gasteiger partial charge in [0.2, 0.25) is 6.43 Å². The maximum atomic E-state index is 12.6. The highest BCUT2D eigenvalue weighted by Crippen LogP contribution is 2.34. The van der Waals surface area contributed by atoms with Gasteiger partial charge in [0.25, 0.3) is 0 Å². The van der Waals surface area contributed by atoms with Crippen LogP contribution in [0.5, 0.6) is 0 Å². The maximum Gasteiger partial charge on any atom is 0.407 e. The maximum absolute atomic E-state index is 12.6. The number of carboxylic acids is 1. The number of aliphatic carboxylic acids is 1. The van der Waals surface area contributed by atoms with Crippen LogP contribution in [-0.2, 0) is 9.53 Å². The highest BCUT2D eigenvalue weighted by molar-refractivity contribution is 5.77. The van der Waals surface area contributed by atoms with Crippen molar-refractivity contribution < 1.29 is 28.2 Å². The van der Waals surface area contributed by atoms with Crippen LogP contribution >= 0.6 is 0 Å².